The fourth-order valence-corrected chi connectivity index (χ4v) is 3.65. The molecule has 7 nitrogen and oxygen atoms in total. The maximum atomic E-state index is 13.2. The van der Waals surface area contributed by atoms with Crippen molar-refractivity contribution >= 4 is 23.2 Å². The molecule has 1 aromatic heterocycles. The topological polar surface area (TPSA) is 88.6 Å². The minimum atomic E-state index is -0.946. The van der Waals surface area contributed by atoms with Crippen LogP contribution in [0.4, 0.5) is 0 Å². The van der Waals surface area contributed by atoms with Crippen LogP contribution in [0.25, 0.3) is 17.4 Å². The number of hydrogen-bond acceptors (Lipinski definition) is 6. The second kappa shape index (κ2) is 9.31. The van der Waals surface area contributed by atoms with Crippen molar-refractivity contribution in [2.45, 2.75) is 26.1 Å². The third kappa shape index (κ3) is 4.59. The molecule has 0 saturated heterocycles. The van der Waals surface area contributed by atoms with E-state index in [0.29, 0.717) is 28.6 Å². The normalized spacial score (nSPS) is 15.0. The Balaban J connectivity index is 1.55. The molecule has 2 N–H and O–H groups in total. The standard InChI is InChI=1S/C27H27N3O4/c1-5-6-7-23-29-20(16-30(23)28)17-33-22-14-8-18(9-15-22)24-25(34-27(2,3)26(24)31)19-10-12-21(32-4)13-11-19/h5-16H,1,17,28H2,2-4H3/b7-6-. The summed E-state index contributed by atoms with van der Waals surface area (Å²) in [4.78, 5) is 17.6. The number of carbonyl (C=O) groups is 1. The van der Waals surface area contributed by atoms with Crippen molar-refractivity contribution in [1.82, 2.24) is 9.66 Å². The summed E-state index contributed by atoms with van der Waals surface area (Å²) in [6, 6.07) is 14.8. The van der Waals surface area contributed by atoms with E-state index in [1.54, 1.807) is 45.4 Å². The van der Waals surface area contributed by atoms with Gasteiger partial charge in [0.05, 0.1) is 24.6 Å². The summed E-state index contributed by atoms with van der Waals surface area (Å²) in [5.41, 5.74) is 1.87. The number of methoxy groups -OCH3 is 1. The number of Topliss-reactive ketones (excluding diaryl/α,β-unsaturated/α-hetero) is 1. The molecular weight excluding hydrogens is 430 g/mol. The van der Waals surface area contributed by atoms with Crippen molar-refractivity contribution in [1.29, 1.82) is 0 Å². The summed E-state index contributed by atoms with van der Waals surface area (Å²) < 4.78 is 18.6. The Hall–Kier alpha value is -4.26. The molecule has 2 aromatic carbocycles. The number of nitrogens with two attached hydrogens (primary N) is 1. The molecule has 0 aliphatic carbocycles. The van der Waals surface area contributed by atoms with E-state index >= 15 is 0 Å². The van der Waals surface area contributed by atoms with Gasteiger partial charge >= 0.3 is 0 Å². The lowest BCUT2D eigenvalue weighted by atomic mass is 9.92. The number of ketones is 1. The van der Waals surface area contributed by atoms with E-state index in [-0.39, 0.29) is 12.4 Å². The Morgan fingerprint density at radius 1 is 1.09 bits per heavy atom. The van der Waals surface area contributed by atoms with E-state index in [4.69, 9.17) is 20.1 Å². The number of benzene rings is 2. The zero-order valence-electron chi connectivity index (χ0n) is 19.4. The van der Waals surface area contributed by atoms with Crippen LogP contribution in [0.3, 0.4) is 0 Å². The molecule has 1 aliphatic rings. The van der Waals surface area contributed by atoms with Crippen LogP contribution in [0.5, 0.6) is 11.5 Å². The summed E-state index contributed by atoms with van der Waals surface area (Å²) in [6.07, 6.45) is 6.89. The van der Waals surface area contributed by atoms with Crippen molar-refractivity contribution in [3.8, 4) is 11.5 Å². The number of nitrogens with zero attached hydrogens (tertiary/aromatic N) is 2. The van der Waals surface area contributed by atoms with Gasteiger partial charge in [0.25, 0.3) is 0 Å². The van der Waals surface area contributed by atoms with Crippen molar-refractivity contribution in [3.05, 3.63) is 96.1 Å². The van der Waals surface area contributed by atoms with Gasteiger partial charge in [-0.1, -0.05) is 30.9 Å². The lowest BCUT2D eigenvalue weighted by molar-refractivity contribution is -0.125. The summed E-state index contributed by atoms with van der Waals surface area (Å²) >= 11 is 0. The first kappa shape index (κ1) is 22.9. The van der Waals surface area contributed by atoms with Gasteiger partial charge in [-0.25, -0.2) is 4.98 Å². The number of ether oxygens (including phenoxy) is 3. The zero-order valence-corrected chi connectivity index (χ0v) is 19.4. The molecule has 1 aliphatic heterocycles. The quantitative estimate of drug-likeness (QED) is 0.392. The molecule has 0 spiro atoms. The monoisotopic (exact) mass is 457 g/mol. The third-order valence-corrected chi connectivity index (χ3v) is 5.43. The fraction of sp³-hybridized carbons (Fsp3) is 0.185. The van der Waals surface area contributed by atoms with Crippen molar-refractivity contribution in [2.24, 2.45) is 0 Å². The van der Waals surface area contributed by atoms with Gasteiger partial charge in [0.1, 0.15) is 23.9 Å². The first-order chi connectivity index (χ1) is 16.3. The largest absolute Gasteiger partial charge is 0.497 e. The average Bonchev–Trinajstić information content (AvgIpc) is 3.32. The molecule has 0 unspecified atom stereocenters. The predicted molar refractivity (Wildman–Crippen MR) is 132 cm³/mol. The van der Waals surface area contributed by atoms with E-state index in [1.807, 2.05) is 48.5 Å². The molecule has 0 amide bonds. The van der Waals surface area contributed by atoms with Crippen LogP contribution < -0.4 is 15.3 Å². The van der Waals surface area contributed by atoms with Gasteiger partial charge in [0.15, 0.2) is 11.4 Å². The highest BCUT2D eigenvalue weighted by atomic mass is 16.5. The second-order valence-electron chi connectivity index (χ2n) is 8.28. The van der Waals surface area contributed by atoms with Crippen molar-refractivity contribution in [3.63, 3.8) is 0 Å². The molecule has 0 atom stereocenters. The van der Waals surface area contributed by atoms with Gasteiger partial charge in [-0.3, -0.25) is 9.47 Å². The molecule has 7 heteroatoms. The van der Waals surface area contributed by atoms with E-state index in [9.17, 15) is 4.79 Å². The lowest BCUT2D eigenvalue weighted by Gasteiger charge is -2.17. The van der Waals surface area contributed by atoms with Gasteiger partial charge < -0.3 is 20.1 Å². The Bertz CT molecular complexity index is 1270. The number of aromatic nitrogens is 2. The molecule has 3 aromatic rings. The molecular formula is C27H27N3O4. The average molecular weight is 458 g/mol. The first-order valence-electron chi connectivity index (χ1n) is 10.8. The first-order valence-corrected chi connectivity index (χ1v) is 10.8. The van der Waals surface area contributed by atoms with Gasteiger partial charge in [-0.2, -0.15) is 0 Å². The number of allylic oxidation sites excluding steroid dienone is 2. The van der Waals surface area contributed by atoms with Crippen LogP contribution in [-0.4, -0.2) is 28.2 Å². The van der Waals surface area contributed by atoms with Gasteiger partial charge in [-0.05, 0) is 61.9 Å². The lowest BCUT2D eigenvalue weighted by Crippen LogP contribution is -2.29. The molecule has 2 heterocycles. The molecule has 34 heavy (non-hydrogen) atoms. The van der Waals surface area contributed by atoms with Crippen molar-refractivity contribution < 1.29 is 19.0 Å². The molecule has 0 radical (unpaired) electrons. The Morgan fingerprint density at radius 3 is 2.38 bits per heavy atom. The minimum Gasteiger partial charge on any atom is -0.497 e. The van der Waals surface area contributed by atoms with Crippen LogP contribution in [0.2, 0.25) is 0 Å². The number of rotatable bonds is 8. The number of nitrogen functional groups attached to an aromatic ring is 1. The van der Waals surface area contributed by atoms with E-state index < -0.39 is 5.60 Å². The van der Waals surface area contributed by atoms with Gasteiger partial charge in [0, 0.05) is 5.56 Å². The van der Waals surface area contributed by atoms with Gasteiger partial charge in [0.2, 0.25) is 5.78 Å². The summed E-state index contributed by atoms with van der Waals surface area (Å²) in [5.74, 6) is 8.39. The molecule has 174 valence electrons. The zero-order chi connectivity index (χ0) is 24.3. The van der Waals surface area contributed by atoms with E-state index in [1.165, 1.54) is 4.68 Å². The highest BCUT2D eigenvalue weighted by Crippen LogP contribution is 2.41. The van der Waals surface area contributed by atoms with Crippen LogP contribution in [0, 0.1) is 0 Å². The number of hydrogen-bond donors (Lipinski definition) is 1. The Morgan fingerprint density at radius 2 is 1.74 bits per heavy atom. The Kier molecular flexibility index (Phi) is 6.27. The summed E-state index contributed by atoms with van der Waals surface area (Å²) in [6.45, 7) is 7.45. The maximum absolute atomic E-state index is 13.2. The number of carbonyl (C=O) groups excluding carboxylic acids is 1. The highest BCUT2D eigenvalue weighted by Gasteiger charge is 2.42. The maximum Gasteiger partial charge on any atom is 0.210 e. The van der Waals surface area contributed by atoms with E-state index in [2.05, 4.69) is 11.6 Å². The van der Waals surface area contributed by atoms with Crippen LogP contribution in [0.1, 0.15) is 36.5 Å². The molecule has 0 saturated carbocycles. The summed E-state index contributed by atoms with van der Waals surface area (Å²) in [5, 5.41) is 0. The minimum absolute atomic E-state index is 0.0689. The molecule has 0 fully saturated rings. The molecule has 4 rings (SSSR count). The van der Waals surface area contributed by atoms with Gasteiger partial charge in [-0.15, -0.1) is 0 Å². The second-order valence-corrected chi connectivity index (χ2v) is 8.28. The highest BCUT2D eigenvalue weighted by molar-refractivity contribution is 6.32. The van der Waals surface area contributed by atoms with Crippen LogP contribution in [-0.2, 0) is 16.1 Å². The third-order valence-electron chi connectivity index (χ3n) is 5.43. The SMILES string of the molecule is C=C/C=C\c1nc(COc2ccc(C3=C(c4ccc(OC)cc4)OC(C)(C)C3=O)cc2)cn1N. The van der Waals surface area contributed by atoms with Crippen LogP contribution in [0.15, 0.2) is 73.5 Å². The number of imidazole rings is 1. The fourth-order valence-electron chi connectivity index (χ4n) is 3.65. The van der Waals surface area contributed by atoms with Crippen molar-refractivity contribution in [2.75, 3.05) is 13.0 Å². The van der Waals surface area contributed by atoms with E-state index in [0.717, 1.165) is 16.9 Å². The predicted octanol–water partition coefficient (Wildman–Crippen LogP) is 4.63. The molecule has 0 bridgehead atoms. The Labute approximate surface area is 198 Å². The van der Waals surface area contributed by atoms with Crippen LogP contribution >= 0.6 is 0 Å². The summed E-state index contributed by atoms with van der Waals surface area (Å²) in [7, 11) is 1.61. The smallest absolute Gasteiger partial charge is 0.210 e.